The first-order valence-corrected chi connectivity index (χ1v) is 6.24. The number of benzene rings is 1. The Morgan fingerprint density at radius 1 is 1.24 bits per heavy atom. The monoisotopic (exact) mass is 237 g/mol. The van der Waals surface area contributed by atoms with E-state index in [-0.39, 0.29) is 6.10 Å². The number of aliphatic hydroxyl groups excluding tert-OH is 1. The summed E-state index contributed by atoms with van der Waals surface area (Å²) in [5, 5.41) is 9.56. The molecule has 0 saturated heterocycles. The van der Waals surface area contributed by atoms with E-state index < -0.39 is 0 Å². The predicted octanol–water partition coefficient (Wildman–Crippen LogP) is 2.29. The average molecular weight is 237 g/mol. The van der Waals surface area contributed by atoms with Gasteiger partial charge >= 0.3 is 0 Å². The fourth-order valence-electron chi connectivity index (χ4n) is 1.72. The molecule has 1 atom stereocenters. The van der Waals surface area contributed by atoms with Gasteiger partial charge in [0.05, 0.1) is 12.7 Å². The molecular weight excluding hydrogens is 214 g/mol. The summed E-state index contributed by atoms with van der Waals surface area (Å²) in [5.74, 6) is 0.910. The third kappa shape index (κ3) is 5.20. The first kappa shape index (κ1) is 14.0. The molecule has 1 unspecified atom stereocenters. The molecule has 0 fully saturated rings. The molecule has 17 heavy (non-hydrogen) atoms. The van der Waals surface area contributed by atoms with E-state index in [0.29, 0.717) is 13.2 Å². The van der Waals surface area contributed by atoms with Gasteiger partial charge in [-0.05, 0) is 38.1 Å². The Morgan fingerprint density at radius 3 is 2.41 bits per heavy atom. The molecule has 3 heteroatoms. The van der Waals surface area contributed by atoms with Gasteiger partial charge in [0, 0.05) is 13.1 Å². The molecule has 96 valence electrons. The first-order chi connectivity index (χ1) is 8.15. The zero-order valence-corrected chi connectivity index (χ0v) is 11.0. The molecule has 0 radical (unpaired) electrons. The largest absolute Gasteiger partial charge is 0.494 e. The van der Waals surface area contributed by atoms with Crippen molar-refractivity contribution in [3.05, 3.63) is 29.8 Å². The second-order valence-electron chi connectivity index (χ2n) is 4.34. The van der Waals surface area contributed by atoms with Crippen LogP contribution in [0, 0.1) is 0 Å². The van der Waals surface area contributed by atoms with Gasteiger partial charge in [0.25, 0.3) is 0 Å². The van der Waals surface area contributed by atoms with Crippen molar-refractivity contribution in [1.29, 1.82) is 0 Å². The van der Waals surface area contributed by atoms with E-state index in [2.05, 4.69) is 17.0 Å². The number of likely N-dealkylation sites (N-methyl/N-ethyl adjacent to an activating group) is 1. The van der Waals surface area contributed by atoms with E-state index in [1.165, 1.54) is 5.56 Å². The van der Waals surface area contributed by atoms with E-state index in [0.717, 1.165) is 18.7 Å². The van der Waals surface area contributed by atoms with Crippen molar-refractivity contribution < 1.29 is 9.84 Å². The SMILES string of the molecule is CCOc1ccc(CN(C)CC(O)CC)cc1. The summed E-state index contributed by atoms with van der Waals surface area (Å²) in [6, 6.07) is 8.12. The highest BCUT2D eigenvalue weighted by Gasteiger charge is 2.06. The lowest BCUT2D eigenvalue weighted by atomic mass is 10.2. The minimum atomic E-state index is -0.234. The van der Waals surface area contributed by atoms with Gasteiger partial charge in [0.2, 0.25) is 0 Å². The summed E-state index contributed by atoms with van der Waals surface area (Å²) in [4.78, 5) is 2.13. The summed E-state index contributed by atoms with van der Waals surface area (Å²) >= 11 is 0. The zero-order chi connectivity index (χ0) is 12.7. The fourth-order valence-corrected chi connectivity index (χ4v) is 1.72. The molecule has 0 aliphatic rings. The average Bonchev–Trinajstić information content (AvgIpc) is 2.31. The Morgan fingerprint density at radius 2 is 1.88 bits per heavy atom. The first-order valence-electron chi connectivity index (χ1n) is 6.24. The maximum Gasteiger partial charge on any atom is 0.119 e. The summed E-state index contributed by atoms with van der Waals surface area (Å²) in [6.07, 6.45) is 0.566. The van der Waals surface area contributed by atoms with Gasteiger partial charge in [-0.25, -0.2) is 0 Å². The van der Waals surface area contributed by atoms with Crippen LogP contribution in [0.2, 0.25) is 0 Å². The van der Waals surface area contributed by atoms with Crippen LogP contribution in [0.25, 0.3) is 0 Å². The molecule has 0 bridgehead atoms. The Labute approximate surface area is 104 Å². The molecule has 1 aromatic carbocycles. The van der Waals surface area contributed by atoms with Gasteiger partial charge in [-0.3, -0.25) is 4.90 Å². The number of hydrogen-bond acceptors (Lipinski definition) is 3. The van der Waals surface area contributed by atoms with Crippen LogP contribution in [0.1, 0.15) is 25.8 Å². The smallest absolute Gasteiger partial charge is 0.119 e. The van der Waals surface area contributed by atoms with Crippen LogP contribution in [-0.2, 0) is 6.54 Å². The topological polar surface area (TPSA) is 32.7 Å². The van der Waals surface area contributed by atoms with Gasteiger partial charge in [-0.15, -0.1) is 0 Å². The van der Waals surface area contributed by atoms with Crippen LogP contribution in [0.4, 0.5) is 0 Å². The molecule has 0 spiro atoms. The van der Waals surface area contributed by atoms with Gasteiger partial charge in [0.1, 0.15) is 5.75 Å². The highest BCUT2D eigenvalue weighted by Crippen LogP contribution is 2.13. The van der Waals surface area contributed by atoms with E-state index in [4.69, 9.17) is 4.74 Å². The molecule has 1 aromatic rings. The van der Waals surface area contributed by atoms with Gasteiger partial charge in [-0.1, -0.05) is 19.1 Å². The van der Waals surface area contributed by atoms with Crippen LogP contribution in [0.15, 0.2) is 24.3 Å². The minimum Gasteiger partial charge on any atom is -0.494 e. The van der Waals surface area contributed by atoms with Crippen LogP contribution in [-0.4, -0.2) is 36.3 Å². The number of nitrogens with zero attached hydrogens (tertiary/aromatic N) is 1. The quantitative estimate of drug-likeness (QED) is 0.789. The minimum absolute atomic E-state index is 0.234. The van der Waals surface area contributed by atoms with Crippen molar-refractivity contribution in [2.24, 2.45) is 0 Å². The standard InChI is InChI=1S/C14H23NO2/c1-4-13(16)11-15(3)10-12-6-8-14(9-7-12)17-5-2/h6-9,13,16H,4-5,10-11H2,1-3H3. The van der Waals surface area contributed by atoms with Crippen molar-refractivity contribution in [3.8, 4) is 5.75 Å². The van der Waals surface area contributed by atoms with Crippen LogP contribution in [0.3, 0.4) is 0 Å². The summed E-state index contributed by atoms with van der Waals surface area (Å²) in [5.41, 5.74) is 1.24. The van der Waals surface area contributed by atoms with Crippen LogP contribution < -0.4 is 4.74 Å². The van der Waals surface area contributed by atoms with E-state index in [9.17, 15) is 5.11 Å². The summed E-state index contributed by atoms with van der Waals surface area (Å²) < 4.78 is 5.39. The maximum atomic E-state index is 9.56. The fraction of sp³-hybridized carbons (Fsp3) is 0.571. The Kier molecular flexibility index (Phi) is 6.01. The van der Waals surface area contributed by atoms with Crippen molar-refractivity contribution in [3.63, 3.8) is 0 Å². The highest BCUT2D eigenvalue weighted by atomic mass is 16.5. The molecule has 0 heterocycles. The summed E-state index contributed by atoms with van der Waals surface area (Å²) in [6.45, 7) is 6.23. The predicted molar refractivity (Wildman–Crippen MR) is 70.2 cm³/mol. The molecule has 3 nitrogen and oxygen atoms in total. The van der Waals surface area contributed by atoms with Crippen LogP contribution >= 0.6 is 0 Å². The van der Waals surface area contributed by atoms with Crippen molar-refractivity contribution >= 4 is 0 Å². The number of rotatable bonds is 7. The van der Waals surface area contributed by atoms with E-state index in [1.807, 2.05) is 33.0 Å². The Bertz CT molecular complexity index is 311. The van der Waals surface area contributed by atoms with Crippen molar-refractivity contribution in [2.45, 2.75) is 32.9 Å². The molecular formula is C14H23NO2. The molecule has 1 rings (SSSR count). The van der Waals surface area contributed by atoms with Gasteiger partial charge < -0.3 is 9.84 Å². The normalized spacial score (nSPS) is 12.8. The zero-order valence-electron chi connectivity index (χ0n) is 11.0. The molecule has 0 aromatic heterocycles. The van der Waals surface area contributed by atoms with Crippen molar-refractivity contribution in [1.82, 2.24) is 4.90 Å². The second kappa shape index (κ2) is 7.30. The summed E-state index contributed by atoms with van der Waals surface area (Å²) in [7, 11) is 2.02. The lowest BCUT2D eigenvalue weighted by Gasteiger charge is -2.19. The second-order valence-corrected chi connectivity index (χ2v) is 4.34. The van der Waals surface area contributed by atoms with Gasteiger partial charge in [0.15, 0.2) is 0 Å². The van der Waals surface area contributed by atoms with E-state index in [1.54, 1.807) is 0 Å². The van der Waals surface area contributed by atoms with Crippen LogP contribution in [0.5, 0.6) is 5.75 Å². The number of hydrogen-bond donors (Lipinski definition) is 1. The molecule has 0 amide bonds. The number of ether oxygens (including phenoxy) is 1. The highest BCUT2D eigenvalue weighted by molar-refractivity contribution is 5.27. The third-order valence-corrected chi connectivity index (χ3v) is 2.68. The molecule has 0 saturated carbocycles. The maximum absolute atomic E-state index is 9.56. The Hall–Kier alpha value is -1.06. The third-order valence-electron chi connectivity index (χ3n) is 2.68. The molecule has 0 aliphatic carbocycles. The lowest BCUT2D eigenvalue weighted by molar-refractivity contribution is 0.119. The molecule has 1 N–H and O–H groups in total. The van der Waals surface area contributed by atoms with E-state index >= 15 is 0 Å². The van der Waals surface area contributed by atoms with Crippen molar-refractivity contribution in [2.75, 3.05) is 20.2 Å². The Balaban J connectivity index is 2.45. The molecule has 0 aliphatic heterocycles. The lowest BCUT2D eigenvalue weighted by Crippen LogP contribution is -2.28. The number of aliphatic hydroxyl groups is 1. The van der Waals surface area contributed by atoms with Gasteiger partial charge in [-0.2, -0.15) is 0 Å².